The molecule has 4 nitrogen and oxygen atoms in total. The van der Waals surface area contributed by atoms with Gasteiger partial charge in [-0.05, 0) is 39.5 Å². The normalized spacial score (nSPS) is 21.3. The molecule has 2 N–H and O–H groups in total. The number of carbonyl (C=O) groups is 1. The fraction of sp³-hybridized carbons (Fsp3) is 0.923. The second-order valence-electron chi connectivity index (χ2n) is 5.50. The molecule has 0 bridgehead atoms. The molecular formula is C13H26N2O2. The van der Waals surface area contributed by atoms with E-state index in [0.29, 0.717) is 13.0 Å². The van der Waals surface area contributed by atoms with Gasteiger partial charge < -0.3 is 15.4 Å². The number of nitrogens with two attached hydrogens (primary N) is 1. The van der Waals surface area contributed by atoms with Crippen molar-refractivity contribution in [2.75, 3.05) is 20.2 Å². The zero-order valence-corrected chi connectivity index (χ0v) is 11.4. The molecule has 1 atom stereocenters. The van der Waals surface area contributed by atoms with E-state index in [-0.39, 0.29) is 17.6 Å². The van der Waals surface area contributed by atoms with Gasteiger partial charge in [0.25, 0.3) is 0 Å². The highest BCUT2D eigenvalue weighted by Crippen LogP contribution is 2.19. The third-order valence-electron chi connectivity index (χ3n) is 3.74. The van der Waals surface area contributed by atoms with Crippen molar-refractivity contribution in [1.82, 2.24) is 4.90 Å². The minimum Gasteiger partial charge on any atom is -0.378 e. The highest BCUT2D eigenvalue weighted by atomic mass is 16.5. The number of likely N-dealkylation sites (N-methyl/N-ethyl adjacent to an activating group) is 1. The lowest BCUT2D eigenvalue weighted by Gasteiger charge is -2.35. The Morgan fingerprint density at radius 2 is 2.18 bits per heavy atom. The molecule has 0 aromatic rings. The van der Waals surface area contributed by atoms with Crippen molar-refractivity contribution in [2.45, 2.75) is 57.6 Å². The second-order valence-corrected chi connectivity index (χ2v) is 5.50. The van der Waals surface area contributed by atoms with Crippen LogP contribution in [0.1, 0.15) is 46.0 Å². The van der Waals surface area contributed by atoms with Crippen LogP contribution in [-0.2, 0) is 9.53 Å². The van der Waals surface area contributed by atoms with Crippen LogP contribution in [-0.4, -0.2) is 42.6 Å². The molecule has 0 saturated carbocycles. The Morgan fingerprint density at radius 3 is 2.71 bits per heavy atom. The monoisotopic (exact) mass is 242 g/mol. The Kier molecular flexibility index (Phi) is 5.40. The largest absolute Gasteiger partial charge is 0.378 e. The molecule has 0 aromatic carbocycles. The van der Waals surface area contributed by atoms with Crippen LogP contribution in [0.4, 0.5) is 0 Å². The van der Waals surface area contributed by atoms with Crippen molar-refractivity contribution >= 4 is 5.91 Å². The molecule has 1 heterocycles. The van der Waals surface area contributed by atoms with E-state index < -0.39 is 0 Å². The predicted octanol–water partition coefficient (Wildman–Crippen LogP) is 1.53. The average Bonchev–Trinajstić information content (AvgIpc) is 2.36. The van der Waals surface area contributed by atoms with Crippen LogP contribution >= 0.6 is 0 Å². The van der Waals surface area contributed by atoms with E-state index in [1.807, 2.05) is 20.9 Å². The lowest BCUT2D eigenvalue weighted by Crippen LogP contribution is -2.50. The van der Waals surface area contributed by atoms with Crippen LogP contribution in [0.25, 0.3) is 0 Å². The van der Waals surface area contributed by atoms with E-state index in [9.17, 15) is 4.79 Å². The van der Waals surface area contributed by atoms with E-state index in [2.05, 4.69) is 0 Å². The lowest BCUT2D eigenvalue weighted by molar-refractivity contribution is -0.135. The molecular weight excluding hydrogens is 216 g/mol. The predicted molar refractivity (Wildman–Crippen MR) is 68.7 cm³/mol. The number of hydrogen-bond acceptors (Lipinski definition) is 3. The van der Waals surface area contributed by atoms with E-state index in [1.54, 1.807) is 4.90 Å². The Morgan fingerprint density at radius 1 is 1.47 bits per heavy atom. The number of amides is 1. The first-order chi connectivity index (χ1) is 7.97. The highest BCUT2D eigenvalue weighted by Gasteiger charge is 2.26. The Bertz CT molecular complexity index is 248. The summed E-state index contributed by atoms with van der Waals surface area (Å²) >= 11 is 0. The van der Waals surface area contributed by atoms with Gasteiger partial charge in [0.05, 0.1) is 6.10 Å². The first kappa shape index (κ1) is 14.5. The van der Waals surface area contributed by atoms with E-state index in [1.165, 1.54) is 6.42 Å². The van der Waals surface area contributed by atoms with Crippen LogP contribution < -0.4 is 5.73 Å². The van der Waals surface area contributed by atoms with Gasteiger partial charge in [-0.25, -0.2) is 0 Å². The maximum absolute atomic E-state index is 12.0. The Balaban J connectivity index is 2.33. The number of nitrogens with zero attached hydrogens (tertiary/aromatic N) is 1. The SMILES string of the molecule is CN(C(=O)CCC1CCCCO1)C(C)(C)CN. The minimum atomic E-state index is -0.259. The van der Waals surface area contributed by atoms with Gasteiger partial charge in [0.1, 0.15) is 0 Å². The minimum absolute atomic E-state index is 0.162. The summed E-state index contributed by atoms with van der Waals surface area (Å²) in [4.78, 5) is 13.8. The van der Waals surface area contributed by atoms with Gasteiger partial charge in [0.2, 0.25) is 5.91 Å². The van der Waals surface area contributed by atoms with Gasteiger partial charge in [-0.2, -0.15) is 0 Å². The molecule has 0 spiro atoms. The van der Waals surface area contributed by atoms with Gasteiger partial charge in [0, 0.05) is 32.2 Å². The summed E-state index contributed by atoms with van der Waals surface area (Å²) in [5.41, 5.74) is 5.41. The lowest BCUT2D eigenvalue weighted by atomic mass is 10.0. The summed E-state index contributed by atoms with van der Waals surface area (Å²) in [7, 11) is 1.83. The fourth-order valence-corrected chi connectivity index (χ4v) is 1.96. The molecule has 1 amide bonds. The number of carbonyl (C=O) groups excluding carboxylic acids is 1. The summed E-state index contributed by atoms with van der Waals surface area (Å²) in [5.74, 6) is 0.162. The van der Waals surface area contributed by atoms with Crippen LogP contribution in [0.3, 0.4) is 0 Å². The number of ether oxygens (including phenoxy) is 1. The van der Waals surface area contributed by atoms with Crippen molar-refractivity contribution in [2.24, 2.45) is 5.73 Å². The summed E-state index contributed by atoms with van der Waals surface area (Å²) in [6, 6.07) is 0. The van der Waals surface area contributed by atoms with Crippen molar-refractivity contribution in [3.05, 3.63) is 0 Å². The zero-order chi connectivity index (χ0) is 12.9. The van der Waals surface area contributed by atoms with Gasteiger partial charge in [-0.1, -0.05) is 0 Å². The molecule has 1 unspecified atom stereocenters. The van der Waals surface area contributed by atoms with Gasteiger partial charge in [-0.3, -0.25) is 4.79 Å². The second kappa shape index (κ2) is 6.36. The molecule has 0 radical (unpaired) electrons. The molecule has 0 aliphatic carbocycles. The van der Waals surface area contributed by atoms with E-state index in [0.717, 1.165) is 25.9 Å². The smallest absolute Gasteiger partial charge is 0.222 e. The summed E-state index contributed by atoms with van der Waals surface area (Å²) in [6.45, 7) is 5.31. The Labute approximate surface area is 104 Å². The molecule has 1 saturated heterocycles. The maximum Gasteiger partial charge on any atom is 0.222 e. The van der Waals surface area contributed by atoms with E-state index in [4.69, 9.17) is 10.5 Å². The molecule has 4 heteroatoms. The van der Waals surface area contributed by atoms with Gasteiger partial charge >= 0.3 is 0 Å². The number of rotatable bonds is 5. The molecule has 100 valence electrons. The average molecular weight is 242 g/mol. The molecule has 1 aliphatic rings. The molecule has 1 aliphatic heterocycles. The molecule has 1 rings (SSSR count). The fourth-order valence-electron chi connectivity index (χ4n) is 1.96. The Hall–Kier alpha value is -0.610. The first-order valence-corrected chi connectivity index (χ1v) is 6.55. The van der Waals surface area contributed by atoms with Crippen molar-refractivity contribution < 1.29 is 9.53 Å². The van der Waals surface area contributed by atoms with Crippen LogP contribution in [0, 0.1) is 0 Å². The van der Waals surface area contributed by atoms with Gasteiger partial charge in [0.15, 0.2) is 0 Å². The zero-order valence-electron chi connectivity index (χ0n) is 11.4. The van der Waals surface area contributed by atoms with Crippen molar-refractivity contribution in [3.63, 3.8) is 0 Å². The van der Waals surface area contributed by atoms with E-state index >= 15 is 0 Å². The van der Waals surface area contributed by atoms with Crippen LogP contribution in [0.5, 0.6) is 0 Å². The molecule has 0 aromatic heterocycles. The topological polar surface area (TPSA) is 55.6 Å². The van der Waals surface area contributed by atoms with Gasteiger partial charge in [-0.15, -0.1) is 0 Å². The third-order valence-corrected chi connectivity index (χ3v) is 3.74. The highest BCUT2D eigenvalue weighted by molar-refractivity contribution is 5.76. The quantitative estimate of drug-likeness (QED) is 0.795. The summed E-state index contributed by atoms with van der Waals surface area (Å²) < 4.78 is 5.62. The molecule has 17 heavy (non-hydrogen) atoms. The van der Waals surface area contributed by atoms with Crippen LogP contribution in [0.15, 0.2) is 0 Å². The maximum atomic E-state index is 12.0. The first-order valence-electron chi connectivity index (χ1n) is 6.55. The van der Waals surface area contributed by atoms with Crippen molar-refractivity contribution in [1.29, 1.82) is 0 Å². The molecule has 1 fully saturated rings. The number of hydrogen-bond donors (Lipinski definition) is 1. The standard InChI is InChI=1S/C13H26N2O2/c1-13(2,10-14)15(3)12(16)8-7-11-6-4-5-9-17-11/h11H,4-10,14H2,1-3H3. The summed E-state index contributed by atoms with van der Waals surface area (Å²) in [5, 5.41) is 0. The third kappa shape index (κ3) is 4.28. The van der Waals surface area contributed by atoms with Crippen molar-refractivity contribution in [3.8, 4) is 0 Å². The summed E-state index contributed by atoms with van der Waals surface area (Å²) in [6.07, 6.45) is 5.15. The van der Waals surface area contributed by atoms with Crippen LogP contribution in [0.2, 0.25) is 0 Å².